The highest BCUT2D eigenvalue weighted by Crippen LogP contribution is 2.31. The smallest absolute Gasteiger partial charge is 0.245 e. The third kappa shape index (κ3) is 2.36. The van der Waals surface area contributed by atoms with Crippen LogP contribution in [0.2, 0.25) is 0 Å². The number of hydrogen-bond donors (Lipinski definition) is 0. The quantitative estimate of drug-likeness (QED) is 0.473. The van der Waals surface area contributed by atoms with Crippen molar-refractivity contribution in [1.82, 2.24) is 15.0 Å². The second-order valence-electron chi connectivity index (χ2n) is 2.80. The standard InChI is InChI=1S/C9H3F4N3S/c10-5-7(6(11)9(13)16-8(5)12)17-4-1-2-14-3-15-4/h1-3H. The Morgan fingerprint density at radius 2 is 1.65 bits per heavy atom. The first-order valence-corrected chi connectivity index (χ1v) is 5.05. The number of hydrogen-bond acceptors (Lipinski definition) is 4. The molecule has 8 heteroatoms. The third-order valence-corrected chi connectivity index (χ3v) is 2.73. The lowest BCUT2D eigenvalue weighted by molar-refractivity contribution is 0.383. The minimum Gasteiger partial charge on any atom is -0.245 e. The van der Waals surface area contributed by atoms with Gasteiger partial charge in [-0.25, -0.2) is 18.7 Å². The van der Waals surface area contributed by atoms with E-state index in [9.17, 15) is 17.6 Å². The molecular formula is C9H3F4N3S. The predicted octanol–water partition coefficient (Wildman–Crippen LogP) is 2.58. The van der Waals surface area contributed by atoms with Gasteiger partial charge in [0.2, 0.25) is 0 Å². The van der Waals surface area contributed by atoms with Gasteiger partial charge >= 0.3 is 0 Å². The van der Waals surface area contributed by atoms with E-state index in [1.807, 2.05) is 0 Å². The second kappa shape index (κ2) is 4.66. The molecule has 0 fully saturated rings. The van der Waals surface area contributed by atoms with Crippen LogP contribution in [0.5, 0.6) is 0 Å². The van der Waals surface area contributed by atoms with Gasteiger partial charge in [-0.15, -0.1) is 0 Å². The number of pyridine rings is 1. The molecule has 0 saturated carbocycles. The summed E-state index contributed by atoms with van der Waals surface area (Å²) in [5, 5.41) is 0.155. The van der Waals surface area contributed by atoms with Crippen molar-refractivity contribution in [2.45, 2.75) is 9.92 Å². The van der Waals surface area contributed by atoms with E-state index in [-0.39, 0.29) is 5.03 Å². The molecule has 88 valence electrons. The molecule has 0 atom stereocenters. The van der Waals surface area contributed by atoms with Gasteiger partial charge in [0.1, 0.15) is 11.4 Å². The van der Waals surface area contributed by atoms with Crippen molar-refractivity contribution in [3.63, 3.8) is 0 Å². The Morgan fingerprint density at radius 3 is 2.18 bits per heavy atom. The monoisotopic (exact) mass is 261 g/mol. The number of aromatic nitrogens is 3. The van der Waals surface area contributed by atoms with E-state index in [0.717, 1.165) is 6.33 Å². The fourth-order valence-electron chi connectivity index (χ4n) is 1.00. The number of halogens is 4. The molecule has 2 aromatic heterocycles. The van der Waals surface area contributed by atoms with Crippen molar-refractivity contribution in [3.8, 4) is 0 Å². The number of rotatable bonds is 2. The molecule has 2 aromatic rings. The maximum Gasteiger partial charge on any atom is 0.252 e. The summed E-state index contributed by atoms with van der Waals surface area (Å²) >= 11 is 0.448. The summed E-state index contributed by atoms with van der Waals surface area (Å²) in [7, 11) is 0. The fourth-order valence-corrected chi connectivity index (χ4v) is 1.79. The molecule has 0 N–H and O–H groups in total. The van der Waals surface area contributed by atoms with Crippen LogP contribution in [-0.4, -0.2) is 15.0 Å². The van der Waals surface area contributed by atoms with Gasteiger partial charge in [0.25, 0.3) is 11.9 Å². The summed E-state index contributed by atoms with van der Waals surface area (Å²) in [6.07, 6.45) is 2.48. The zero-order valence-electron chi connectivity index (χ0n) is 7.99. The summed E-state index contributed by atoms with van der Waals surface area (Å²) in [6, 6.07) is 1.35. The van der Waals surface area contributed by atoms with E-state index in [2.05, 4.69) is 15.0 Å². The van der Waals surface area contributed by atoms with Crippen molar-refractivity contribution in [2.75, 3.05) is 0 Å². The van der Waals surface area contributed by atoms with Crippen molar-refractivity contribution >= 4 is 11.8 Å². The van der Waals surface area contributed by atoms with Crippen LogP contribution < -0.4 is 0 Å². The molecule has 2 heterocycles. The Balaban J connectivity index is 2.46. The molecule has 0 amide bonds. The molecule has 0 aliphatic carbocycles. The highest BCUT2D eigenvalue weighted by molar-refractivity contribution is 7.99. The topological polar surface area (TPSA) is 38.7 Å². The second-order valence-corrected chi connectivity index (χ2v) is 3.83. The third-order valence-electron chi connectivity index (χ3n) is 1.72. The first-order chi connectivity index (χ1) is 8.09. The summed E-state index contributed by atoms with van der Waals surface area (Å²) in [5.74, 6) is -6.49. The SMILES string of the molecule is Fc1nc(F)c(F)c(Sc2ccncn2)c1F. The van der Waals surface area contributed by atoms with Crippen LogP contribution in [0.15, 0.2) is 28.5 Å². The molecule has 2 rings (SSSR count). The molecular weight excluding hydrogens is 258 g/mol. The Bertz CT molecular complexity index is 523. The Morgan fingerprint density at radius 1 is 1.00 bits per heavy atom. The average Bonchev–Trinajstić information content (AvgIpc) is 2.33. The highest BCUT2D eigenvalue weighted by atomic mass is 32.2. The molecule has 17 heavy (non-hydrogen) atoms. The fraction of sp³-hybridized carbons (Fsp3) is 0. The largest absolute Gasteiger partial charge is 0.252 e. The van der Waals surface area contributed by atoms with Gasteiger partial charge in [0.15, 0.2) is 11.6 Å². The maximum atomic E-state index is 13.2. The minimum absolute atomic E-state index is 0.155. The van der Waals surface area contributed by atoms with Gasteiger partial charge < -0.3 is 0 Å². The molecule has 3 nitrogen and oxygen atoms in total. The van der Waals surface area contributed by atoms with Crippen molar-refractivity contribution in [3.05, 3.63) is 42.1 Å². The van der Waals surface area contributed by atoms with E-state index >= 15 is 0 Å². The maximum absolute atomic E-state index is 13.2. The molecule has 0 bridgehead atoms. The van der Waals surface area contributed by atoms with E-state index in [1.165, 1.54) is 12.3 Å². The van der Waals surface area contributed by atoms with E-state index in [0.29, 0.717) is 11.8 Å². The van der Waals surface area contributed by atoms with Crippen LogP contribution in [0.1, 0.15) is 0 Å². The van der Waals surface area contributed by atoms with Gasteiger partial charge in [-0.1, -0.05) is 11.8 Å². The van der Waals surface area contributed by atoms with Crippen molar-refractivity contribution < 1.29 is 17.6 Å². The molecule has 0 aromatic carbocycles. The summed E-state index contributed by atoms with van der Waals surface area (Å²) < 4.78 is 52.0. The zero-order valence-corrected chi connectivity index (χ0v) is 8.81. The lowest BCUT2D eigenvalue weighted by Crippen LogP contribution is -2.02. The molecule has 0 aliphatic heterocycles. The first-order valence-electron chi connectivity index (χ1n) is 4.23. The van der Waals surface area contributed by atoms with Gasteiger partial charge in [0, 0.05) is 6.20 Å². The normalized spacial score (nSPS) is 10.6. The van der Waals surface area contributed by atoms with Gasteiger partial charge in [-0.2, -0.15) is 13.8 Å². The van der Waals surface area contributed by atoms with Crippen LogP contribution in [0.25, 0.3) is 0 Å². The summed E-state index contributed by atoms with van der Waals surface area (Å²) in [5.41, 5.74) is 0. The van der Waals surface area contributed by atoms with Crippen molar-refractivity contribution in [2.24, 2.45) is 0 Å². The van der Waals surface area contributed by atoms with Crippen molar-refractivity contribution in [1.29, 1.82) is 0 Å². The van der Waals surface area contributed by atoms with Crippen LogP contribution in [0, 0.1) is 23.5 Å². The minimum atomic E-state index is -1.69. The predicted molar refractivity (Wildman–Crippen MR) is 50.2 cm³/mol. The van der Waals surface area contributed by atoms with E-state index in [1.54, 1.807) is 0 Å². The Kier molecular flexibility index (Phi) is 3.23. The molecule has 0 spiro atoms. The summed E-state index contributed by atoms with van der Waals surface area (Å²) in [6.45, 7) is 0. The molecule has 0 radical (unpaired) electrons. The Labute approximate surface area is 96.9 Å². The van der Waals surface area contributed by atoms with Crippen LogP contribution in [-0.2, 0) is 0 Å². The van der Waals surface area contributed by atoms with Gasteiger partial charge in [-0.05, 0) is 6.07 Å². The highest BCUT2D eigenvalue weighted by Gasteiger charge is 2.21. The summed E-state index contributed by atoms with van der Waals surface area (Å²) in [4.78, 5) is 8.88. The van der Waals surface area contributed by atoms with E-state index in [4.69, 9.17) is 0 Å². The Hall–Kier alpha value is -1.70. The molecule has 0 unspecified atom stereocenters. The van der Waals surface area contributed by atoms with Crippen LogP contribution in [0.3, 0.4) is 0 Å². The van der Waals surface area contributed by atoms with E-state index < -0.39 is 28.4 Å². The van der Waals surface area contributed by atoms with Gasteiger partial charge in [0.05, 0.1) is 4.90 Å². The molecule has 0 saturated heterocycles. The molecule has 0 aliphatic rings. The number of nitrogens with zero attached hydrogens (tertiary/aromatic N) is 3. The first kappa shape index (κ1) is 11.8. The van der Waals surface area contributed by atoms with Gasteiger partial charge in [-0.3, -0.25) is 0 Å². The lowest BCUT2D eigenvalue weighted by Gasteiger charge is -2.04. The average molecular weight is 261 g/mol. The van der Waals surface area contributed by atoms with Crippen LogP contribution >= 0.6 is 11.8 Å². The van der Waals surface area contributed by atoms with Crippen LogP contribution in [0.4, 0.5) is 17.6 Å². The zero-order chi connectivity index (χ0) is 12.4. The lowest BCUT2D eigenvalue weighted by atomic mass is 10.4.